The first kappa shape index (κ1) is 24.3. The summed E-state index contributed by atoms with van der Waals surface area (Å²) in [6, 6.07) is 3.53. The minimum atomic E-state index is -0.418. The number of β-amino-alcohol motifs (C(OH)–C–C–N with tert-alkyl or cyclic N) is 1. The van der Waals surface area contributed by atoms with Crippen molar-refractivity contribution in [3.8, 4) is 0 Å². The largest absolute Gasteiger partial charge is 0.446 e. The minimum absolute atomic E-state index is 0.00265. The van der Waals surface area contributed by atoms with Gasteiger partial charge in [0.15, 0.2) is 0 Å². The molecule has 196 valence electrons. The summed E-state index contributed by atoms with van der Waals surface area (Å²) in [5.74, 6) is 2.33. The van der Waals surface area contributed by atoms with Gasteiger partial charge in [-0.1, -0.05) is 25.5 Å². The molecule has 8 atom stereocenters. The van der Waals surface area contributed by atoms with E-state index in [-0.39, 0.29) is 23.2 Å². The van der Waals surface area contributed by atoms with E-state index in [2.05, 4.69) is 19.9 Å². The number of carbonyl (C=O) groups excluding carboxylic acids is 1. The molecule has 4 fully saturated rings. The first-order valence-electron chi connectivity index (χ1n) is 14.2. The van der Waals surface area contributed by atoms with Gasteiger partial charge < -0.3 is 19.2 Å². The summed E-state index contributed by atoms with van der Waals surface area (Å²) in [5, 5.41) is 9.94. The second kappa shape index (κ2) is 9.04. The van der Waals surface area contributed by atoms with Crippen LogP contribution in [0.25, 0.3) is 0 Å². The van der Waals surface area contributed by atoms with Crippen LogP contribution < -0.4 is 5.63 Å². The second-order valence-electron chi connectivity index (χ2n) is 12.8. The number of carbonyl (C=O) groups is 1. The summed E-state index contributed by atoms with van der Waals surface area (Å²) >= 11 is 0. The Bertz CT molecular complexity index is 1070. The van der Waals surface area contributed by atoms with E-state index in [1.54, 1.807) is 22.8 Å². The van der Waals surface area contributed by atoms with E-state index in [1.807, 2.05) is 6.07 Å². The van der Waals surface area contributed by atoms with Gasteiger partial charge in [0, 0.05) is 19.2 Å². The molecule has 0 spiro atoms. The fourth-order valence-electron chi connectivity index (χ4n) is 9.06. The predicted molar refractivity (Wildman–Crippen MR) is 137 cm³/mol. The Labute approximate surface area is 214 Å². The van der Waals surface area contributed by atoms with E-state index >= 15 is 0 Å². The number of piperidine rings is 1. The summed E-state index contributed by atoms with van der Waals surface area (Å²) in [5.41, 5.74) is 2.99. The molecule has 1 N–H and O–H groups in total. The zero-order chi connectivity index (χ0) is 25.1. The van der Waals surface area contributed by atoms with Crippen LogP contribution in [0.15, 0.2) is 39.3 Å². The number of nitrogens with zero attached hydrogens (tertiary/aromatic N) is 1. The van der Waals surface area contributed by atoms with Crippen LogP contribution in [-0.4, -0.2) is 41.4 Å². The third kappa shape index (κ3) is 3.95. The van der Waals surface area contributed by atoms with Gasteiger partial charge in [0.05, 0.1) is 12.4 Å². The summed E-state index contributed by atoms with van der Waals surface area (Å²) in [6.07, 6.45) is 14.1. The number of fused-ring (bicyclic) bond motifs is 5. The highest BCUT2D eigenvalue weighted by molar-refractivity contribution is 5.68. The molecular weight excluding hydrogens is 454 g/mol. The fraction of sp³-hybridized carbons (Fsp3) is 0.733. The third-order valence-corrected chi connectivity index (χ3v) is 11.1. The number of hydrogen-bond acceptors (Lipinski definition) is 5. The van der Waals surface area contributed by atoms with E-state index in [0.29, 0.717) is 42.2 Å². The smallest absolute Gasteiger partial charge is 0.410 e. The van der Waals surface area contributed by atoms with Crippen molar-refractivity contribution in [2.45, 2.75) is 96.2 Å². The fourth-order valence-corrected chi connectivity index (χ4v) is 9.06. The van der Waals surface area contributed by atoms with Crippen molar-refractivity contribution in [3.63, 3.8) is 0 Å². The standard InChI is InChI=1S/C30H41NO5/c1-29-13-11-22(36-28(34)31-15-3-4-21(32)17-31)16-20(29)6-7-23-25-9-8-24(19-5-10-27(33)35-18-19)30(25,2)14-12-26(23)29/h5,9-10,18,20-24,26,32H,3-4,6-8,11-17H2,1-2H3/t20-,21-,22+,23+,24-,26+,29+,30-/m1/s1. The van der Waals surface area contributed by atoms with Crippen LogP contribution in [0.3, 0.4) is 0 Å². The van der Waals surface area contributed by atoms with Gasteiger partial charge in [-0.25, -0.2) is 9.59 Å². The number of rotatable bonds is 2. The van der Waals surface area contributed by atoms with Gasteiger partial charge in [-0.3, -0.25) is 0 Å². The number of aliphatic hydroxyl groups excluding tert-OH is 1. The Hall–Kier alpha value is -2.08. The maximum Gasteiger partial charge on any atom is 0.410 e. The Morgan fingerprint density at radius 1 is 1.14 bits per heavy atom. The molecule has 4 aliphatic carbocycles. The number of hydrogen-bond donors (Lipinski definition) is 1. The highest BCUT2D eigenvalue weighted by Crippen LogP contribution is 2.67. The molecule has 6 nitrogen and oxygen atoms in total. The Morgan fingerprint density at radius 2 is 2.00 bits per heavy atom. The van der Waals surface area contributed by atoms with Gasteiger partial charge in [-0.05, 0) is 110 Å². The SMILES string of the molecule is C[C@]12CC[C@H](OC(=O)N3CCC[C@@H](O)C3)C[C@H]1CC[C@H]1C3=CC[C@H](c4ccc(=O)oc4)[C@@]3(C)CC[C@@H]12. The average Bonchev–Trinajstić information content (AvgIpc) is 3.22. The summed E-state index contributed by atoms with van der Waals surface area (Å²) in [6.45, 7) is 6.06. The van der Waals surface area contributed by atoms with Crippen molar-refractivity contribution >= 4 is 6.09 Å². The number of amides is 1. The molecule has 1 amide bonds. The number of likely N-dealkylation sites (tertiary alicyclic amines) is 1. The molecule has 2 heterocycles. The number of ether oxygens (including phenoxy) is 1. The van der Waals surface area contributed by atoms with Crippen molar-refractivity contribution in [1.29, 1.82) is 0 Å². The van der Waals surface area contributed by atoms with Crippen LogP contribution in [0, 0.1) is 28.6 Å². The lowest BCUT2D eigenvalue weighted by Crippen LogP contribution is -2.52. The molecule has 0 bridgehead atoms. The van der Waals surface area contributed by atoms with Gasteiger partial charge in [0.25, 0.3) is 0 Å². The summed E-state index contributed by atoms with van der Waals surface area (Å²) < 4.78 is 11.2. The Balaban J connectivity index is 1.14. The second-order valence-corrected chi connectivity index (χ2v) is 12.8. The molecule has 6 heteroatoms. The van der Waals surface area contributed by atoms with Crippen molar-refractivity contribution in [1.82, 2.24) is 4.90 Å². The minimum Gasteiger partial charge on any atom is -0.446 e. The quantitative estimate of drug-likeness (QED) is 0.537. The van der Waals surface area contributed by atoms with Crippen LogP contribution in [0.1, 0.15) is 89.5 Å². The third-order valence-electron chi connectivity index (χ3n) is 11.1. The van der Waals surface area contributed by atoms with Crippen LogP contribution in [-0.2, 0) is 4.74 Å². The van der Waals surface area contributed by atoms with Crippen molar-refractivity contribution in [2.75, 3.05) is 13.1 Å². The Kier molecular flexibility index (Phi) is 6.09. The maximum atomic E-state index is 12.8. The first-order valence-corrected chi connectivity index (χ1v) is 14.2. The van der Waals surface area contributed by atoms with E-state index in [9.17, 15) is 14.7 Å². The molecule has 5 aliphatic rings. The zero-order valence-electron chi connectivity index (χ0n) is 21.8. The molecule has 1 aromatic rings. The van der Waals surface area contributed by atoms with Gasteiger partial charge in [0.2, 0.25) is 0 Å². The van der Waals surface area contributed by atoms with Gasteiger partial charge in [0.1, 0.15) is 6.10 Å². The number of aliphatic hydroxyl groups is 1. The lowest BCUT2D eigenvalue weighted by Gasteiger charge is -2.59. The number of allylic oxidation sites excluding steroid dienone is 2. The molecule has 0 unspecified atom stereocenters. The molecule has 1 saturated heterocycles. The topological polar surface area (TPSA) is 80.0 Å². The molecule has 3 saturated carbocycles. The van der Waals surface area contributed by atoms with Crippen LogP contribution in [0.4, 0.5) is 4.79 Å². The maximum absolute atomic E-state index is 12.8. The van der Waals surface area contributed by atoms with E-state index in [0.717, 1.165) is 44.1 Å². The molecule has 36 heavy (non-hydrogen) atoms. The van der Waals surface area contributed by atoms with E-state index in [1.165, 1.54) is 25.7 Å². The van der Waals surface area contributed by atoms with Crippen molar-refractivity contribution in [2.24, 2.45) is 28.6 Å². The van der Waals surface area contributed by atoms with Gasteiger partial charge >= 0.3 is 11.7 Å². The van der Waals surface area contributed by atoms with Crippen molar-refractivity contribution < 1.29 is 19.1 Å². The molecule has 1 aliphatic heterocycles. The van der Waals surface area contributed by atoms with E-state index in [4.69, 9.17) is 9.15 Å². The normalized spacial score (nSPS) is 42.1. The summed E-state index contributed by atoms with van der Waals surface area (Å²) in [7, 11) is 0. The summed E-state index contributed by atoms with van der Waals surface area (Å²) in [4.78, 5) is 26.0. The Morgan fingerprint density at radius 3 is 2.78 bits per heavy atom. The molecule has 6 rings (SSSR count). The molecular formula is C30H41NO5. The van der Waals surface area contributed by atoms with Crippen LogP contribution >= 0.6 is 0 Å². The van der Waals surface area contributed by atoms with Gasteiger partial charge in [-0.15, -0.1) is 0 Å². The lowest BCUT2D eigenvalue weighted by atomic mass is 9.46. The van der Waals surface area contributed by atoms with Crippen LogP contribution in [0.2, 0.25) is 0 Å². The first-order chi connectivity index (χ1) is 17.3. The monoisotopic (exact) mass is 495 g/mol. The van der Waals surface area contributed by atoms with Crippen molar-refractivity contribution in [3.05, 3.63) is 46.0 Å². The van der Waals surface area contributed by atoms with Gasteiger partial charge in [-0.2, -0.15) is 0 Å². The lowest BCUT2D eigenvalue weighted by molar-refractivity contribution is -0.0883. The molecule has 0 radical (unpaired) electrons. The highest BCUT2D eigenvalue weighted by Gasteiger charge is 2.58. The molecule has 1 aromatic heterocycles. The zero-order valence-corrected chi connectivity index (χ0v) is 21.8. The highest BCUT2D eigenvalue weighted by atomic mass is 16.6. The van der Waals surface area contributed by atoms with Crippen LogP contribution in [0.5, 0.6) is 0 Å². The molecule has 0 aromatic carbocycles. The average molecular weight is 496 g/mol. The van der Waals surface area contributed by atoms with E-state index < -0.39 is 6.10 Å². The predicted octanol–water partition coefficient (Wildman–Crippen LogP) is 5.65.